The van der Waals surface area contributed by atoms with Gasteiger partial charge in [0.1, 0.15) is 5.54 Å². The van der Waals surface area contributed by atoms with E-state index < -0.39 is 34.8 Å². The SMILES string of the molecule is CC(CN)N(C1CC1)S(=O)(=O)N1C[C@H](CCCB(O)O)[C@](N)(C(=O)O)C1. The second kappa shape index (κ2) is 8.09. The maximum absolute atomic E-state index is 13.1. The molecule has 7 N–H and O–H groups in total. The highest BCUT2D eigenvalue weighted by atomic mass is 32.2. The first-order valence-corrected chi connectivity index (χ1v) is 10.3. The van der Waals surface area contributed by atoms with Gasteiger partial charge in [-0.1, -0.05) is 6.42 Å². The summed E-state index contributed by atoms with van der Waals surface area (Å²) in [6.45, 7) is 1.59. The van der Waals surface area contributed by atoms with Crippen LogP contribution in [0.3, 0.4) is 0 Å². The third-order valence-corrected chi connectivity index (χ3v) is 7.40. The lowest BCUT2D eigenvalue weighted by atomic mass is 9.78. The van der Waals surface area contributed by atoms with E-state index in [1.807, 2.05) is 0 Å². The summed E-state index contributed by atoms with van der Waals surface area (Å²) < 4.78 is 28.8. The zero-order valence-electron chi connectivity index (χ0n) is 15.0. The first-order valence-electron chi connectivity index (χ1n) is 8.91. The summed E-state index contributed by atoms with van der Waals surface area (Å²) >= 11 is 0. The van der Waals surface area contributed by atoms with E-state index in [1.54, 1.807) is 6.92 Å². The van der Waals surface area contributed by atoms with Crippen molar-refractivity contribution in [1.82, 2.24) is 8.61 Å². The number of hydrogen-bond donors (Lipinski definition) is 5. The third kappa shape index (κ3) is 4.38. The number of carboxylic acid groups (broad SMARTS) is 1. The minimum Gasteiger partial charge on any atom is -0.480 e. The average Bonchev–Trinajstić information content (AvgIpc) is 3.30. The van der Waals surface area contributed by atoms with Crippen LogP contribution in [0.5, 0.6) is 0 Å². The topological polar surface area (TPSA) is 170 Å². The first-order chi connectivity index (χ1) is 12.0. The van der Waals surface area contributed by atoms with E-state index in [4.69, 9.17) is 21.5 Å². The second-order valence-corrected chi connectivity index (χ2v) is 9.23. The van der Waals surface area contributed by atoms with Crippen LogP contribution in [-0.2, 0) is 15.0 Å². The van der Waals surface area contributed by atoms with E-state index in [2.05, 4.69) is 0 Å². The van der Waals surface area contributed by atoms with Crippen LogP contribution in [0.1, 0.15) is 32.6 Å². The number of hydrogen-bond acceptors (Lipinski definition) is 7. The molecule has 2 rings (SSSR count). The maximum Gasteiger partial charge on any atom is 0.451 e. The Morgan fingerprint density at radius 2 is 2.04 bits per heavy atom. The largest absolute Gasteiger partial charge is 0.480 e. The van der Waals surface area contributed by atoms with Crippen molar-refractivity contribution in [2.45, 2.75) is 56.5 Å². The fourth-order valence-electron chi connectivity index (χ4n) is 3.55. The lowest BCUT2D eigenvalue weighted by Gasteiger charge is -2.31. The van der Waals surface area contributed by atoms with Gasteiger partial charge in [0.05, 0.1) is 0 Å². The maximum atomic E-state index is 13.1. The van der Waals surface area contributed by atoms with Crippen molar-refractivity contribution in [3.63, 3.8) is 0 Å². The molecule has 2 fully saturated rings. The van der Waals surface area contributed by atoms with E-state index in [9.17, 15) is 18.3 Å². The molecule has 1 heterocycles. The van der Waals surface area contributed by atoms with Crippen molar-refractivity contribution >= 4 is 23.3 Å². The molecular weight excluding hydrogens is 363 g/mol. The van der Waals surface area contributed by atoms with Gasteiger partial charge in [-0.3, -0.25) is 4.79 Å². The lowest BCUT2D eigenvalue weighted by molar-refractivity contribution is -0.144. The number of rotatable bonds is 10. The summed E-state index contributed by atoms with van der Waals surface area (Å²) in [5.74, 6) is -1.86. The van der Waals surface area contributed by atoms with Crippen LogP contribution in [-0.4, -0.2) is 82.5 Å². The normalized spacial score (nSPS) is 28.5. The molecule has 0 bridgehead atoms. The van der Waals surface area contributed by atoms with Gasteiger partial charge in [-0.25, -0.2) is 0 Å². The summed E-state index contributed by atoms with van der Waals surface area (Å²) in [6, 6.07) is -0.479. The third-order valence-electron chi connectivity index (χ3n) is 5.28. The summed E-state index contributed by atoms with van der Waals surface area (Å²) in [6.07, 6.45) is 2.25. The molecule has 1 unspecified atom stereocenters. The predicted molar refractivity (Wildman–Crippen MR) is 96.1 cm³/mol. The Labute approximate surface area is 154 Å². The molecule has 12 heteroatoms. The molecule has 150 valence electrons. The van der Waals surface area contributed by atoms with Crippen molar-refractivity contribution in [1.29, 1.82) is 0 Å². The molecule has 0 spiro atoms. The molecule has 0 radical (unpaired) electrons. The van der Waals surface area contributed by atoms with Gasteiger partial charge in [0.2, 0.25) is 0 Å². The smallest absolute Gasteiger partial charge is 0.451 e. The van der Waals surface area contributed by atoms with Crippen molar-refractivity contribution in [2.24, 2.45) is 17.4 Å². The standard InChI is InChI=1S/C14H29BN4O6S/c1-10(7-16)19(12-4-5-12)26(24,25)18-8-11(3-2-6-15(22)23)14(17,9-18)13(20)21/h10-12,22-23H,2-9,16-17H2,1H3,(H,20,21)/t10?,11-,14-/m0/s1. The van der Waals surface area contributed by atoms with Crippen LogP contribution in [0.15, 0.2) is 0 Å². The number of aliphatic carboxylic acids is 1. The monoisotopic (exact) mass is 392 g/mol. The van der Waals surface area contributed by atoms with E-state index in [1.165, 1.54) is 4.31 Å². The molecule has 1 aliphatic heterocycles. The highest BCUT2D eigenvalue weighted by Crippen LogP contribution is 2.37. The molecule has 1 saturated heterocycles. The van der Waals surface area contributed by atoms with Gasteiger partial charge in [-0.2, -0.15) is 17.0 Å². The van der Waals surface area contributed by atoms with Crippen LogP contribution < -0.4 is 11.5 Å². The lowest BCUT2D eigenvalue weighted by Crippen LogP contribution is -2.56. The number of carboxylic acids is 1. The highest BCUT2D eigenvalue weighted by molar-refractivity contribution is 7.86. The number of nitrogens with zero attached hydrogens (tertiary/aromatic N) is 2. The van der Waals surface area contributed by atoms with Gasteiger partial charge in [0, 0.05) is 37.6 Å². The van der Waals surface area contributed by atoms with Gasteiger partial charge in [0.25, 0.3) is 10.2 Å². The zero-order chi connectivity index (χ0) is 19.7. The zero-order valence-corrected chi connectivity index (χ0v) is 15.8. The quantitative estimate of drug-likeness (QED) is 0.266. The van der Waals surface area contributed by atoms with Crippen molar-refractivity contribution in [3.8, 4) is 0 Å². The Morgan fingerprint density at radius 3 is 2.50 bits per heavy atom. The Bertz CT molecular complexity index is 617. The molecule has 0 aromatic rings. The van der Waals surface area contributed by atoms with E-state index in [-0.39, 0.29) is 38.0 Å². The Kier molecular flexibility index (Phi) is 6.70. The van der Waals surface area contributed by atoms with Crippen LogP contribution in [0.4, 0.5) is 0 Å². The molecule has 0 amide bonds. The van der Waals surface area contributed by atoms with Crippen LogP contribution in [0.25, 0.3) is 0 Å². The molecule has 1 aliphatic carbocycles. The van der Waals surface area contributed by atoms with Crippen LogP contribution >= 0.6 is 0 Å². The molecule has 0 aromatic carbocycles. The van der Waals surface area contributed by atoms with E-state index in [0.29, 0.717) is 12.8 Å². The van der Waals surface area contributed by atoms with Gasteiger partial charge < -0.3 is 26.6 Å². The van der Waals surface area contributed by atoms with Crippen LogP contribution in [0, 0.1) is 5.92 Å². The number of nitrogens with two attached hydrogens (primary N) is 2. The molecule has 0 aromatic heterocycles. The Balaban J connectivity index is 2.20. The van der Waals surface area contributed by atoms with Gasteiger partial charge in [-0.15, -0.1) is 0 Å². The van der Waals surface area contributed by atoms with Crippen molar-refractivity contribution in [2.75, 3.05) is 19.6 Å². The fraction of sp³-hybridized carbons (Fsp3) is 0.929. The summed E-state index contributed by atoms with van der Waals surface area (Å²) in [5.41, 5.74) is 10.0. The number of carbonyl (C=O) groups is 1. The van der Waals surface area contributed by atoms with Gasteiger partial charge >= 0.3 is 13.1 Å². The first kappa shape index (κ1) is 21.5. The summed E-state index contributed by atoms with van der Waals surface area (Å²) in [4.78, 5) is 11.7. The van der Waals surface area contributed by atoms with Crippen molar-refractivity contribution in [3.05, 3.63) is 0 Å². The predicted octanol–water partition coefficient (Wildman–Crippen LogP) is -1.99. The average molecular weight is 392 g/mol. The highest BCUT2D eigenvalue weighted by Gasteiger charge is 2.54. The molecule has 1 saturated carbocycles. The van der Waals surface area contributed by atoms with Gasteiger partial charge in [-0.05, 0) is 32.5 Å². The summed E-state index contributed by atoms with van der Waals surface area (Å²) in [5, 5.41) is 27.5. The minimum atomic E-state index is -3.88. The second-order valence-electron chi connectivity index (χ2n) is 7.40. The Hall–Kier alpha value is -0.755. The molecule has 26 heavy (non-hydrogen) atoms. The van der Waals surface area contributed by atoms with Crippen LogP contribution in [0.2, 0.25) is 6.32 Å². The Morgan fingerprint density at radius 1 is 1.42 bits per heavy atom. The molecule has 3 atom stereocenters. The van der Waals surface area contributed by atoms with E-state index >= 15 is 0 Å². The fourth-order valence-corrected chi connectivity index (χ4v) is 5.69. The van der Waals surface area contributed by atoms with Gasteiger partial charge in [0.15, 0.2) is 0 Å². The molecular formula is C14H29BN4O6S. The molecule has 2 aliphatic rings. The molecule has 10 nitrogen and oxygen atoms in total. The minimum absolute atomic E-state index is 0.00678. The van der Waals surface area contributed by atoms with E-state index in [0.717, 1.165) is 17.1 Å². The van der Waals surface area contributed by atoms with Crippen molar-refractivity contribution < 1.29 is 28.4 Å². The summed E-state index contributed by atoms with van der Waals surface area (Å²) in [7, 11) is -5.37.